The molecule has 0 spiro atoms. The molecule has 0 bridgehead atoms. The fourth-order valence-corrected chi connectivity index (χ4v) is 1.18. The maximum Gasteiger partial charge on any atom is 0.0784 e. The first kappa shape index (κ1) is 8.09. The van der Waals surface area contributed by atoms with Crippen LogP contribution in [0.4, 0.5) is 0 Å². The van der Waals surface area contributed by atoms with E-state index in [4.69, 9.17) is 13.6 Å². The lowest BCUT2D eigenvalue weighted by Crippen LogP contribution is -2.57. The summed E-state index contributed by atoms with van der Waals surface area (Å²) in [6.07, 6.45) is 0.958. The van der Waals surface area contributed by atoms with Crippen LogP contribution < -0.4 is 11.1 Å². The van der Waals surface area contributed by atoms with Crippen LogP contribution in [-0.4, -0.2) is 26.5 Å². The zero-order valence-electron chi connectivity index (χ0n) is 6.78. The average Bonchev–Trinajstić information content (AvgIpc) is 1.77. The van der Waals surface area contributed by atoms with Crippen LogP contribution in [0.25, 0.3) is 0 Å². The largest absolute Gasteiger partial charge is 0.325 e. The Hall–Kier alpha value is -0.0151. The molecule has 0 saturated carbocycles. The second kappa shape index (κ2) is 2.24. The van der Waals surface area contributed by atoms with Crippen molar-refractivity contribution in [3.8, 4) is 0 Å². The van der Waals surface area contributed by atoms with Crippen LogP contribution in [-0.2, 0) is 0 Å². The van der Waals surface area contributed by atoms with Gasteiger partial charge in [-0.1, -0.05) is 6.92 Å². The SMILES string of the molecule is [B]C1(C)CNCCC1(C)N. The topological polar surface area (TPSA) is 38.0 Å². The number of rotatable bonds is 0. The molecule has 0 aromatic carbocycles. The second-order valence-corrected chi connectivity index (χ2v) is 3.76. The summed E-state index contributed by atoms with van der Waals surface area (Å²) in [5.74, 6) is 0. The maximum absolute atomic E-state index is 5.99. The molecule has 3 N–H and O–H groups in total. The van der Waals surface area contributed by atoms with Crippen LogP contribution in [0, 0.1) is 0 Å². The number of piperidine rings is 1. The van der Waals surface area contributed by atoms with E-state index in [2.05, 4.69) is 5.32 Å². The van der Waals surface area contributed by atoms with E-state index in [9.17, 15) is 0 Å². The average molecular weight is 138 g/mol. The van der Waals surface area contributed by atoms with Crippen LogP contribution >= 0.6 is 0 Å². The van der Waals surface area contributed by atoms with Gasteiger partial charge in [0.2, 0.25) is 0 Å². The molecule has 2 atom stereocenters. The van der Waals surface area contributed by atoms with Crippen molar-refractivity contribution >= 4 is 7.85 Å². The zero-order chi connectivity index (χ0) is 7.83. The fourth-order valence-electron chi connectivity index (χ4n) is 1.18. The van der Waals surface area contributed by atoms with Gasteiger partial charge in [0.1, 0.15) is 0 Å². The molecule has 0 aromatic rings. The molecule has 1 aliphatic heterocycles. The van der Waals surface area contributed by atoms with E-state index in [0.29, 0.717) is 0 Å². The first-order valence-electron chi connectivity index (χ1n) is 3.74. The second-order valence-electron chi connectivity index (χ2n) is 3.76. The number of nitrogens with two attached hydrogens (primary N) is 1. The summed E-state index contributed by atoms with van der Waals surface area (Å²) in [5.41, 5.74) is 5.78. The Bertz CT molecular complexity index is 116. The number of hydrogen-bond acceptors (Lipinski definition) is 2. The Morgan fingerprint density at radius 3 is 2.40 bits per heavy atom. The quantitative estimate of drug-likeness (QED) is 0.464. The lowest BCUT2D eigenvalue weighted by atomic mass is 9.56. The minimum Gasteiger partial charge on any atom is -0.325 e. The Labute approximate surface area is 64.0 Å². The van der Waals surface area contributed by atoms with E-state index in [-0.39, 0.29) is 10.9 Å². The van der Waals surface area contributed by atoms with Crippen molar-refractivity contribution in [2.45, 2.75) is 31.1 Å². The minimum atomic E-state index is -0.259. The highest BCUT2D eigenvalue weighted by atomic mass is 14.9. The molecule has 1 rings (SSSR count). The predicted molar refractivity (Wildman–Crippen MR) is 44.2 cm³/mol. The van der Waals surface area contributed by atoms with Crippen LogP contribution in [0.2, 0.25) is 5.31 Å². The van der Waals surface area contributed by atoms with E-state index in [1.165, 1.54) is 0 Å². The highest BCUT2D eigenvalue weighted by molar-refractivity contribution is 6.16. The summed E-state index contributed by atoms with van der Waals surface area (Å²) in [4.78, 5) is 0. The van der Waals surface area contributed by atoms with Crippen LogP contribution in [0.3, 0.4) is 0 Å². The molecule has 0 aliphatic carbocycles. The van der Waals surface area contributed by atoms with Crippen molar-refractivity contribution in [3.63, 3.8) is 0 Å². The van der Waals surface area contributed by atoms with E-state index in [0.717, 1.165) is 19.5 Å². The summed E-state index contributed by atoms with van der Waals surface area (Å²) in [5, 5.41) is 2.97. The lowest BCUT2D eigenvalue weighted by Gasteiger charge is -2.46. The third kappa shape index (κ3) is 1.20. The van der Waals surface area contributed by atoms with Crippen molar-refractivity contribution < 1.29 is 0 Å². The molecule has 3 heteroatoms. The summed E-state index contributed by atoms with van der Waals surface area (Å²) < 4.78 is 0. The third-order valence-electron chi connectivity index (χ3n) is 2.62. The van der Waals surface area contributed by atoms with Crippen molar-refractivity contribution in [2.75, 3.05) is 13.1 Å². The van der Waals surface area contributed by atoms with Gasteiger partial charge < -0.3 is 11.1 Å². The molecule has 56 valence electrons. The molecule has 1 saturated heterocycles. The molecular weight excluding hydrogens is 123 g/mol. The summed E-state index contributed by atoms with van der Waals surface area (Å²) in [7, 11) is 5.97. The molecule has 10 heavy (non-hydrogen) atoms. The predicted octanol–water partition coefficient (Wildman–Crippen LogP) is 0.0442. The van der Waals surface area contributed by atoms with Gasteiger partial charge in [0.15, 0.2) is 0 Å². The minimum absolute atomic E-state index is 0.210. The van der Waals surface area contributed by atoms with Gasteiger partial charge in [-0.2, -0.15) is 0 Å². The molecule has 0 aromatic heterocycles. The molecular formula is C7H15BN2. The summed E-state index contributed by atoms with van der Waals surface area (Å²) in [6, 6.07) is 0. The van der Waals surface area contributed by atoms with E-state index in [1.54, 1.807) is 0 Å². The van der Waals surface area contributed by atoms with Gasteiger partial charge in [-0.05, 0) is 31.7 Å². The van der Waals surface area contributed by atoms with Crippen molar-refractivity contribution in [1.29, 1.82) is 0 Å². The Morgan fingerprint density at radius 2 is 2.10 bits per heavy atom. The molecule has 1 heterocycles. The monoisotopic (exact) mass is 138 g/mol. The van der Waals surface area contributed by atoms with Gasteiger partial charge in [-0.3, -0.25) is 0 Å². The van der Waals surface area contributed by atoms with Crippen molar-refractivity contribution in [2.24, 2.45) is 5.73 Å². The highest BCUT2D eigenvalue weighted by Crippen LogP contribution is 2.36. The van der Waals surface area contributed by atoms with Gasteiger partial charge in [0, 0.05) is 5.54 Å². The highest BCUT2D eigenvalue weighted by Gasteiger charge is 2.38. The number of nitrogens with one attached hydrogen (secondary N) is 1. The smallest absolute Gasteiger partial charge is 0.0784 e. The van der Waals surface area contributed by atoms with E-state index >= 15 is 0 Å². The van der Waals surface area contributed by atoms with Crippen molar-refractivity contribution in [3.05, 3.63) is 0 Å². The van der Waals surface area contributed by atoms with E-state index < -0.39 is 0 Å². The first-order chi connectivity index (χ1) is 4.46. The first-order valence-corrected chi connectivity index (χ1v) is 3.74. The summed E-state index contributed by atoms with van der Waals surface area (Å²) >= 11 is 0. The molecule has 1 fully saturated rings. The van der Waals surface area contributed by atoms with E-state index in [1.807, 2.05) is 13.8 Å². The van der Waals surface area contributed by atoms with Gasteiger partial charge in [-0.25, -0.2) is 0 Å². The molecule has 2 radical (unpaired) electrons. The van der Waals surface area contributed by atoms with Gasteiger partial charge >= 0.3 is 0 Å². The van der Waals surface area contributed by atoms with Gasteiger partial charge in [-0.15, -0.1) is 0 Å². The van der Waals surface area contributed by atoms with Crippen LogP contribution in [0.15, 0.2) is 0 Å². The molecule has 2 unspecified atom stereocenters. The van der Waals surface area contributed by atoms with Gasteiger partial charge in [0.05, 0.1) is 7.85 Å². The molecule has 1 aliphatic rings. The molecule has 2 nitrogen and oxygen atoms in total. The zero-order valence-corrected chi connectivity index (χ0v) is 6.78. The van der Waals surface area contributed by atoms with Gasteiger partial charge in [0.25, 0.3) is 0 Å². The number of hydrogen-bond donors (Lipinski definition) is 2. The summed E-state index contributed by atoms with van der Waals surface area (Å²) in [6.45, 7) is 5.83. The third-order valence-corrected chi connectivity index (χ3v) is 2.62. The Balaban J connectivity index is 2.70. The Morgan fingerprint density at radius 1 is 1.50 bits per heavy atom. The standard InChI is InChI=1S/C7H15BN2/c1-6(8)5-10-4-3-7(6,2)9/h10H,3-5,9H2,1-2H3. The van der Waals surface area contributed by atoms with Crippen LogP contribution in [0.5, 0.6) is 0 Å². The Kier molecular flexibility index (Phi) is 1.81. The normalized spacial score (nSPS) is 49.1. The molecule has 0 amide bonds. The van der Waals surface area contributed by atoms with Crippen LogP contribution in [0.1, 0.15) is 20.3 Å². The maximum atomic E-state index is 5.99. The fraction of sp³-hybridized carbons (Fsp3) is 1.00. The lowest BCUT2D eigenvalue weighted by molar-refractivity contribution is 0.259. The van der Waals surface area contributed by atoms with Crippen molar-refractivity contribution in [1.82, 2.24) is 5.32 Å².